The van der Waals surface area contributed by atoms with Crippen LogP contribution in [0, 0.1) is 0 Å². The Hall–Kier alpha value is 0.250. The summed E-state index contributed by atoms with van der Waals surface area (Å²) in [6.07, 6.45) is 23.1. The number of quaternary nitrogens is 1. The molecule has 0 amide bonds. The van der Waals surface area contributed by atoms with Crippen LogP contribution in [-0.4, -0.2) is 31.7 Å². The molecule has 0 heterocycles. The van der Waals surface area contributed by atoms with E-state index in [2.05, 4.69) is 27.9 Å². The Morgan fingerprint density at radius 1 is 0.417 bits per heavy atom. The number of nitrogens with zero attached hydrogens (tertiary/aromatic N) is 1. The van der Waals surface area contributed by atoms with Crippen LogP contribution in [0.1, 0.15) is 117 Å². The molecule has 0 spiro atoms. The van der Waals surface area contributed by atoms with E-state index in [0.29, 0.717) is 0 Å². The Bertz CT molecular complexity index is 228. The van der Waals surface area contributed by atoms with E-state index < -0.39 is 0 Å². The summed E-state index contributed by atoms with van der Waals surface area (Å²) < 4.78 is 1.23. The minimum absolute atomic E-state index is 0. The van der Waals surface area contributed by atoms with Crippen LogP contribution in [0.15, 0.2) is 0 Å². The van der Waals surface area contributed by atoms with E-state index in [4.69, 9.17) is 0 Å². The van der Waals surface area contributed by atoms with Gasteiger partial charge in [-0.3, -0.25) is 0 Å². The third-order valence-corrected chi connectivity index (χ3v) is 5.23. The number of rotatable bonds is 18. The summed E-state index contributed by atoms with van der Waals surface area (Å²) in [5.41, 5.74) is 0. The molecule has 1 nitrogen and oxygen atoms in total. The number of halogens is 1. The van der Waals surface area contributed by atoms with Gasteiger partial charge in [0.1, 0.15) is 0 Å². The maximum absolute atomic E-state index is 2.40. The van der Waals surface area contributed by atoms with Crippen LogP contribution < -0.4 is 12.4 Å². The highest BCUT2D eigenvalue weighted by atomic mass is 35.5. The molecule has 0 rings (SSSR count). The van der Waals surface area contributed by atoms with Crippen LogP contribution in [0.3, 0.4) is 0 Å². The lowest BCUT2D eigenvalue weighted by molar-refractivity contribution is -0.890. The zero-order valence-electron chi connectivity index (χ0n) is 17.6. The van der Waals surface area contributed by atoms with Crippen molar-refractivity contribution >= 4 is 0 Å². The Morgan fingerprint density at radius 3 is 1.08 bits per heavy atom. The summed E-state index contributed by atoms with van der Waals surface area (Å²) in [7, 11) is 4.80. The van der Waals surface area contributed by atoms with E-state index in [1.165, 1.54) is 120 Å². The largest absolute Gasteiger partial charge is 1.00 e. The second kappa shape index (κ2) is 19.6. The maximum Gasteiger partial charge on any atom is 0.0782 e. The zero-order valence-corrected chi connectivity index (χ0v) is 18.3. The highest BCUT2D eigenvalue weighted by Crippen LogP contribution is 2.13. The SMILES string of the molecule is CCCCCCCCCCCCCCCC[N+](C)(C)CCCC.[Cl-]. The fraction of sp³-hybridized carbons (Fsp3) is 1.00. The molecule has 0 aromatic carbocycles. The highest BCUT2D eigenvalue weighted by Gasteiger charge is 2.12. The first-order chi connectivity index (χ1) is 11.1. The van der Waals surface area contributed by atoms with Crippen LogP contribution in [0.25, 0.3) is 0 Å². The normalized spacial score (nSPS) is 11.5. The molecule has 0 aromatic heterocycles. The van der Waals surface area contributed by atoms with Crippen molar-refractivity contribution < 1.29 is 16.9 Å². The highest BCUT2D eigenvalue weighted by molar-refractivity contribution is 4.49. The summed E-state index contributed by atoms with van der Waals surface area (Å²) in [6.45, 7) is 7.33. The number of hydrogen-bond donors (Lipinski definition) is 0. The standard InChI is InChI=1S/C22H48N.ClH/c1-5-7-9-10-11-12-13-14-15-16-17-18-19-20-22-23(3,4)21-8-6-2;/h5-22H2,1-4H3;1H/q+1;/p-1. The topological polar surface area (TPSA) is 0 Å². The van der Waals surface area contributed by atoms with Gasteiger partial charge in [0, 0.05) is 0 Å². The summed E-state index contributed by atoms with van der Waals surface area (Å²) >= 11 is 0. The number of unbranched alkanes of at least 4 members (excludes halogenated alkanes) is 14. The van der Waals surface area contributed by atoms with Gasteiger partial charge in [0.2, 0.25) is 0 Å². The summed E-state index contributed by atoms with van der Waals surface area (Å²) in [5.74, 6) is 0. The average molecular weight is 362 g/mol. The molecule has 0 saturated heterocycles. The van der Waals surface area contributed by atoms with Crippen LogP contribution in [-0.2, 0) is 0 Å². The Balaban J connectivity index is 0. The van der Waals surface area contributed by atoms with Gasteiger partial charge in [0.05, 0.1) is 27.2 Å². The van der Waals surface area contributed by atoms with E-state index in [1.807, 2.05) is 0 Å². The first-order valence-corrected chi connectivity index (χ1v) is 10.9. The number of hydrogen-bond acceptors (Lipinski definition) is 0. The lowest BCUT2D eigenvalue weighted by Crippen LogP contribution is -3.00. The van der Waals surface area contributed by atoms with Crippen molar-refractivity contribution in [3.63, 3.8) is 0 Å². The molecule has 0 aliphatic rings. The van der Waals surface area contributed by atoms with Crippen LogP contribution in [0.2, 0.25) is 0 Å². The molecular formula is C22H48ClN. The molecule has 0 aliphatic heterocycles. The van der Waals surface area contributed by atoms with E-state index in [-0.39, 0.29) is 12.4 Å². The minimum Gasteiger partial charge on any atom is -1.00 e. The van der Waals surface area contributed by atoms with Gasteiger partial charge in [-0.05, 0) is 19.3 Å². The summed E-state index contributed by atoms with van der Waals surface area (Å²) in [4.78, 5) is 0. The molecule has 0 aromatic rings. The third kappa shape index (κ3) is 20.3. The molecule has 0 bridgehead atoms. The first-order valence-electron chi connectivity index (χ1n) is 10.9. The predicted octanol–water partition coefficient (Wildman–Crippen LogP) is 4.35. The molecule has 0 saturated carbocycles. The molecule has 0 fully saturated rings. The van der Waals surface area contributed by atoms with Crippen molar-refractivity contribution in [1.82, 2.24) is 0 Å². The quantitative estimate of drug-likeness (QED) is 0.251. The van der Waals surface area contributed by atoms with Gasteiger partial charge in [-0.1, -0.05) is 97.3 Å². The predicted molar refractivity (Wildman–Crippen MR) is 107 cm³/mol. The maximum atomic E-state index is 2.40. The second-order valence-electron chi connectivity index (χ2n) is 8.33. The van der Waals surface area contributed by atoms with Gasteiger partial charge in [-0.2, -0.15) is 0 Å². The van der Waals surface area contributed by atoms with Crippen LogP contribution in [0.4, 0.5) is 0 Å². The molecule has 2 heteroatoms. The fourth-order valence-corrected chi connectivity index (χ4v) is 3.43. The van der Waals surface area contributed by atoms with Crippen molar-refractivity contribution in [3.05, 3.63) is 0 Å². The van der Waals surface area contributed by atoms with Gasteiger partial charge in [-0.15, -0.1) is 0 Å². The van der Waals surface area contributed by atoms with Gasteiger partial charge >= 0.3 is 0 Å². The van der Waals surface area contributed by atoms with Gasteiger partial charge < -0.3 is 16.9 Å². The zero-order chi connectivity index (χ0) is 17.2. The van der Waals surface area contributed by atoms with Gasteiger partial charge in [0.15, 0.2) is 0 Å². The van der Waals surface area contributed by atoms with E-state index in [1.54, 1.807) is 0 Å². The second-order valence-corrected chi connectivity index (χ2v) is 8.33. The van der Waals surface area contributed by atoms with E-state index >= 15 is 0 Å². The Morgan fingerprint density at radius 2 is 0.708 bits per heavy atom. The molecule has 0 aliphatic carbocycles. The average Bonchev–Trinajstić information content (AvgIpc) is 2.53. The molecule has 0 unspecified atom stereocenters. The van der Waals surface area contributed by atoms with E-state index in [9.17, 15) is 0 Å². The lowest BCUT2D eigenvalue weighted by Gasteiger charge is -2.29. The van der Waals surface area contributed by atoms with Crippen molar-refractivity contribution in [1.29, 1.82) is 0 Å². The molecule has 0 radical (unpaired) electrons. The fourth-order valence-electron chi connectivity index (χ4n) is 3.43. The molecule has 24 heavy (non-hydrogen) atoms. The molecular weight excluding hydrogens is 314 g/mol. The van der Waals surface area contributed by atoms with Gasteiger partial charge in [-0.25, -0.2) is 0 Å². The van der Waals surface area contributed by atoms with Crippen molar-refractivity contribution in [2.45, 2.75) is 117 Å². The minimum atomic E-state index is 0. The van der Waals surface area contributed by atoms with Crippen molar-refractivity contribution in [3.8, 4) is 0 Å². The Labute approximate surface area is 161 Å². The smallest absolute Gasteiger partial charge is 0.0782 e. The van der Waals surface area contributed by atoms with E-state index in [0.717, 1.165) is 0 Å². The summed E-state index contributed by atoms with van der Waals surface area (Å²) in [6, 6.07) is 0. The van der Waals surface area contributed by atoms with Crippen LogP contribution >= 0.6 is 0 Å². The first kappa shape index (κ1) is 26.5. The van der Waals surface area contributed by atoms with Crippen LogP contribution in [0.5, 0.6) is 0 Å². The van der Waals surface area contributed by atoms with Gasteiger partial charge in [0.25, 0.3) is 0 Å². The molecule has 0 N–H and O–H groups in total. The monoisotopic (exact) mass is 361 g/mol. The van der Waals surface area contributed by atoms with Crippen molar-refractivity contribution in [2.75, 3.05) is 27.2 Å². The summed E-state index contributed by atoms with van der Waals surface area (Å²) in [5, 5.41) is 0. The third-order valence-electron chi connectivity index (χ3n) is 5.23. The Kier molecular flexibility index (Phi) is 21.6. The van der Waals surface area contributed by atoms with Crippen molar-refractivity contribution in [2.24, 2.45) is 0 Å². The molecule has 148 valence electrons. The molecule has 0 atom stereocenters. The lowest BCUT2D eigenvalue weighted by atomic mass is 10.0.